The van der Waals surface area contributed by atoms with Crippen molar-refractivity contribution in [3.05, 3.63) is 47.8 Å². The van der Waals surface area contributed by atoms with E-state index in [1.54, 1.807) is 18.3 Å². The lowest BCUT2D eigenvalue weighted by molar-refractivity contribution is 0.0697. The lowest BCUT2D eigenvalue weighted by Crippen LogP contribution is -2.21. The highest BCUT2D eigenvalue weighted by Gasteiger charge is 2.02. The van der Waals surface area contributed by atoms with Crippen LogP contribution in [0.4, 0.5) is 0 Å². The Morgan fingerprint density at radius 3 is 2.70 bits per heavy atom. The van der Waals surface area contributed by atoms with Crippen molar-refractivity contribution in [2.75, 3.05) is 13.2 Å². The Hall–Kier alpha value is -2.34. The minimum absolute atomic E-state index is 0.256. The van der Waals surface area contributed by atoms with Crippen LogP contribution in [0.2, 0.25) is 0 Å². The average Bonchev–Trinajstić information content (AvgIpc) is 2.84. The highest BCUT2D eigenvalue weighted by molar-refractivity contribution is 5.87. The van der Waals surface area contributed by atoms with Crippen LogP contribution in [0.3, 0.4) is 0 Å². The molecule has 1 heterocycles. The van der Waals surface area contributed by atoms with E-state index in [1.165, 1.54) is 12.1 Å². The smallest absolute Gasteiger partial charge is 0.335 e. The normalized spacial score (nSPS) is 10.4. The summed E-state index contributed by atoms with van der Waals surface area (Å²) in [5.74, 6) is -0.272. The first kappa shape index (κ1) is 14.1. The van der Waals surface area contributed by atoms with E-state index >= 15 is 0 Å². The number of hydrogen-bond acceptors (Lipinski definition) is 4. The van der Waals surface area contributed by atoms with Crippen molar-refractivity contribution in [3.63, 3.8) is 0 Å². The number of aromatic nitrogens is 2. The van der Waals surface area contributed by atoms with Crippen molar-refractivity contribution >= 4 is 5.97 Å². The van der Waals surface area contributed by atoms with Gasteiger partial charge in [0.15, 0.2) is 0 Å². The summed E-state index contributed by atoms with van der Waals surface area (Å²) < 4.78 is 7.33. The quantitative estimate of drug-likeness (QED) is 0.745. The third-order valence-corrected chi connectivity index (χ3v) is 2.88. The SMILES string of the molecule is Cn1nccc1CNCCOc1ccc(C(=O)O)cc1. The van der Waals surface area contributed by atoms with Crippen LogP contribution in [0.15, 0.2) is 36.5 Å². The molecule has 2 aromatic rings. The van der Waals surface area contributed by atoms with Crippen molar-refractivity contribution in [3.8, 4) is 5.75 Å². The van der Waals surface area contributed by atoms with E-state index in [-0.39, 0.29) is 5.56 Å². The zero-order valence-corrected chi connectivity index (χ0v) is 11.2. The van der Waals surface area contributed by atoms with Gasteiger partial charge in [-0.15, -0.1) is 0 Å². The van der Waals surface area contributed by atoms with Gasteiger partial charge in [0, 0.05) is 26.3 Å². The van der Waals surface area contributed by atoms with E-state index < -0.39 is 5.97 Å². The minimum atomic E-state index is -0.936. The van der Waals surface area contributed by atoms with Crippen molar-refractivity contribution < 1.29 is 14.6 Å². The first-order valence-electron chi connectivity index (χ1n) is 6.30. The summed E-state index contributed by atoms with van der Waals surface area (Å²) in [7, 11) is 1.90. The molecule has 0 saturated heterocycles. The third-order valence-electron chi connectivity index (χ3n) is 2.88. The van der Waals surface area contributed by atoms with Gasteiger partial charge in [-0.05, 0) is 30.3 Å². The molecule has 6 nitrogen and oxygen atoms in total. The largest absolute Gasteiger partial charge is 0.492 e. The first-order chi connectivity index (χ1) is 9.66. The Morgan fingerprint density at radius 2 is 2.10 bits per heavy atom. The maximum absolute atomic E-state index is 10.7. The lowest BCUT2D eigenvalue weighted by Gasteiger charge is -2.08. The van der Waals surface area contributed by atoms with Gasteiger partial charge in [0.05, 0.1) is 11.3 Å². The van der Waals surface area contributed by atoms with Crippen LogP contribution >= 0.6 is 0 Å². The lowest BCUT2D eigenvalue weighted by atomic mass is 10.2. The van der Waals surface area contributed by atoms with Crippen LogP contribution in [-0.2, 0) is 13.6 Å². The van der Waals surface area contributed by atoms with Crippen LogP contribution in [0.25, 0.3) is 0 Å². The van der Waals surface area contributed by atoms with E-state index in [4.69, 9.17) is 9.84 Å². The summed E-state index contributed by atoms with van der Waals surface area (Å²) in [6.07, 6.45) is 1.76. The van der Waals surface area contributed by atoms with Gasteiger partial charge in [-0.3, -0.25) is 4.68 Å². The standard InChI is InChI=1S/C14H17N3O3/c1-17-12(6-7-16-17)10-15-8-9-20-13-4-2-11(3-5-13)14(18)19/h2-7,15H,8-10H2,1H3,(H,18,19). The minimum Gasteiger partial charge on any atom is -0.492 e. The second-order valence-corrected chi connectivity index (χ2v) is 4.30. The summed E-state index contributed by atoms with van der Waals surface area (Å²) in [5, 5.41) is 16.1. The molecule has 1 aromatic carbocycles. The molecule has 2 rings (SSSR count). The fourth-order valence-corrected chi connectivity index (χ4v) is 1.73. The first-order valence-corrected chi connectivity index (χ1v) is 6.30. The van der Waals surface area contributed by atoms with Crippen LogP contribution < -0.4 is 10.1 Å². The molecule has 2 N–H and O–H groups in total. The predicted octanol–water partition coefficient (Wildman–Crippen LogP) is 1.29. The topological polar surface area (TPSA) is 76.4 Å². The van der Waals surface area contributed by atoms with Gasteiger partial charge in [-0.2, -0.15) is 5.10 Å². The molecule has 20 heavy (non-hydrogen) atoms. The summed E-state index contributed by atoms with van der Waals surface area (Å²) >= 11 is 0. The fourth-order valence-electron chi connectivity index (χ4n) is 1.73. The maximum atomic E-state index is 10.7. The Morgan fingerprint density at radius 1 is 1.35 bits per heavy atom. The molecule has 106 valence electrons. The number of nitrogens with one attached hydrogen (secondary N) is 1. The number of aryl methyl sites for hydroxylation is 1. The van der Waals surface area contributed by atoms with Crippen LogP contribution in [0.5, 0.6) is 5.75 Å². The van der Waals surface area contributed by atoms with Gasteiger partial charge < -0.3 is 15.2 Å². The number of rotatable bonds is 7. The van der Waals surface area contributed by atoms with Crippen molar-refractivity contribution in [2.45, 2.75) is 6.54 Å². The van der Waals surface area contributed by atoms with E-state index in [1.807, 2.05) is 17.8 Å². The molecule has 6 heteroatoms. The Labute approximate surface area is 117 Å². The van der Waals surface area contributed by atoms with Gasteiger partial charge in [0.25, 0.3) is 0 Å². The van der Waals surface area contributed by atoms with E-state index in [2.05, 4.69) is 10.4 Å². The molecule has 1 aromatic heterocycles. The average molecular weight is 275 g/mol. The summed E-state index contributed by atoms with van der Waals surface area (Å²) in [5.41, 5.74) is 1.36. The molecular formula is C14H17N3O3. The molecule has 0 unspecified atom stereocenters. The van der Waals surface area contributed by atoms with Gasteiger partial charge in [-0.25, -0.2) is 4.79 Å². The van der Waals surface area contributed by atoms with Gasteiger partial charge in [0.1, 0.15) is 12.4 Å². The van der Waals surface area contributed by atoms with Crippen molar-refractivity contribution in [1.29, 1.82) is 0 Å². The summed E-state index contributed by atoms with van der Waals surface area (Å²) in [6.45, 7) is 1.95. The Kier molecular flexibility index (Phi) is 4.73. The highest BCUT2D eigenvalue weighted by Crippen LogP contribution is 2.11. The van der Waals surface area contributed by atoms with Gasteiger partial charge >= 0.3 is 5.97 Å². The van der Waals surface area contributed by atoms with Gasteiger partial charge in [0.2, 0.25) is 0 Å². The van der Waals surface area contributed by atoms with Crippen molar-refractivity contribution in [2.24, 2.45) is 7.05 Å². The second-order valence-electron chi connectivity index (χ2n) is 4.30. The fraction of sp³-hybridized carbons (Fsp3) is 0.286. The van der Waals surface area contributed by atoms with E-state index in [0.717, 1.165) is 12.2 Å². The number of aromatic carboxylic acids is 1. The molecule has 0 atom stereocenters. The number of benzene rings is 1. The number of carboxylic acids is 1. The van der Waals surface area contributed by atoms with Crippen LogP contribution in [0.1, 0.15) is 16.1 Å². The molecule has 0 bridgehead atoms. The monoisotopic (exact) mass is 275 g/mol. The van der Waals surface area contributed by atoms with Crippen LogP contribution in [-0.4, -0.2) is 34.0 Å². The zero-order valence-electron chi connectivity index (χ0n) is 11.2. The maximum Gasteiger partial charge on any atom is 0.335 e. The number of nitrogens with zero attached hydrogens (tertiary/aromatic N) is 2. The molecule has 0 aliphatic rings. The predicted molar refractivity (Wildman–Crippen MR) is 73.8 cm³/mol. The number of carbonyl (C=O) groups is 1. The molecule has 0 radical (unpaired) electrons. The number of carboxylic acid groups (broad SMARTS) is 1. The molecule has 0 aliphatic carbocycles. The van der Waals surface area contributed by atoms with E-state index in [0.29, 0.717) is 18.9 Å². The molecule has 0 spiro atoms. The third kappa shape index (κ3) is 3.83. The molecule has 0 fully saturated rings. The molecular weight excluding hydrogens is 258 g/mol. The zero-order chi connectivity index (χ0) is 14.4. The number of hydrogen-bond donors (Lipinski definition) is 2. The highest BCUT2D eigenvalue weighted by atomic mass is 16.5. The molecule has 0 aliphatic heterocycles. The van der Waals surface area contributed by atoms with Gasteiger partial charge in [-0.1, -0.05) is 0 Å². The molecule has 0 saturated carbocycles. The second kappa shape index (κ2) is 6.72. The molecule has 0 amide bonds. The van der Waals surface area contributed by atoms with E-state index in [9.17, 15) is 4.79 Å². The summed E-state index contributed by atoms with van der Waals surface area (Å²) in [4.78, 5) is 10.7. The number of ether oxygens (including phenoxy) is 1. The Bertz CT molecular complexity index is 563. The van der Waals surface area contributed by atoms with Crippen LogP contribution in [0, 0.1) is 0 Å². The summed E-state index contributed by atoms with van der Waals surface area (Å²) in [6, 6.07) is 8.33. The Balaban J connectivity index is 1.68. The van der Waals surface area contributed by atoms with Crippen molar-refractivity contribution in [1.82, 2.24) is 15.1 Å².